The molecule has 2 N–H and O–H groups in total. The molecule has 8 nitrogen and oxygen atoms in total. The Morgan fingerprint density at radius 2 is 1.88 bits per heavy atom. The number of hydrogen-bond acceptors (Lipinski definition) is 6. The Kier molecular flexibility index (Phi) is 9.54. The largest absolute Gasteiger partial charge is 0.492 e. The van der Waals surface area contributed by atoms with Crippen LogP contribution < -0.4 is 15.4 Å². The van der Waals surface area contributed by atoms with Crippen molar-refractivity contribution in [2.45, 2.75) is 32.1 Å². The minimum absolute atomic E-state index is 0.158. The lowest BCUT2D eigenvalue weighted by Crippen LogP contribution is -2.22. The number of benzene rings is 2. The Bertz CT molecular complexity index is 1170. The molecule has 0 aliphatic rings. The van der Waals surface area contributed by atoms with E-state index in [2.05, 4.69) is 20.8 Å². The summed E-state index contributed by atoms with van der Waals surface area (Å²) >= 11 is 7.38. The summed E-state index contributed by atoms with van der Waals surface area (Å²) in [6.07, 6.45) is 3.08. The van der Waals surface area contributed by atoms with Crippen molar-refractivity contribution in [3.05, 3.63) is 71.0 Å². The van der Waals surface area contributed by atoms with Crippen LogP contribution in [0.5, 0.6) is 5.75 Å². The molecule has 0 radical (unpaired) electrons. The molecular weight excluding hydrogens is 474 g/mol. The summed E-state index contributed by atoms with van der Waals surface area (Å²) in [6.45, 7) is 5.16. The van der Waals surface area contributed by atoms with E-state index in [-0.39, 0.29) is 24.1 Å². The van der Waals surface area contributed by atoms with Gasteiger partial charge in [-0.05, 0) is 43.7 Å². The molecule has 1 aromatic heterocycles. The highest BCUT2D eigenvalue weighted by Gasteiger charge is 2.14. The van der Waals surface area contributed by atoms with Crippen LogP contribution in [0.15, 0.2) is 59.8 Å². The first-order valence-electron chi connectivity index (χ1n) is 10.8. The maximum atomic E-state index is 12.5. The maximum Gasteiger partial charge on any atom is 0.244 e. The standard InChI is InChI=1S/C24H26ClN5O3S/c1-3-30-21(15-26-22(31)14-13-17-9-5-6-10-18(17)25)28-29-24(30)34-16-23(32)27-19-11-7-8-12-20(19)33-4-2/h5-14H,3-4,15-16H2,1-2H3,(H,26,31)(H,27,32). The number of halogens is 1. The first kappa shape index (κ1) is 25.3. The minimum atomic E-state index is -0.271. The lowest BCUT2D eigenvalue weighted by Gasteiger charge is -2.11. The first-order valence-corrected chi connectivity index (χ1v) is 12.1. The Labute approximate surface area is 207 Å². The number of carbonyl (C=O) groups excluding carboxylic acids is 2. The average molecular weight is 500 g/mol. The molecule has 2 amide bonds. The van der Waals surface area contributed by atoms with Gasteiger partial charge in [0.25, 0.3) is 0 Å². The summed E-state index contributed by atoms with van der Waals surface area (Å²) < 4.78 is 7.41. The van der Waals surface area contributed by atoms with Crippen molar-refractivity contribution in [3.8, 4) is 5.75 Å². The lowest BCUT2D eigenvalue weighted by molar-refractivity contribution is -0.116. The normalized spacial score (nSPS) is 10.9. The van der Waals surface area contributed by atoms with Gasteiger partial charge in [0.05, 0.1) is 24.6 Å². The van der Waals surface area contributed by atoms with Gasteiger partial charge in [0.15, 0.2) is 11.0 Å². The number of nitrogens with one attached hydrogen (secondary N) is 2. The Balaban J connectivity index is 1.54. The van der Waals surface area contributed by atoms with Crippen molar-refractivity contribution in [3.63, 3.8) is 0 Å². The number of carbonyl (C=O) groups is 2. The third kappa shape index (κ3) is 7.10. The van der Waals surface area contributed by atoms with E-state index in [0.29, 0.717) is 40.6 Å². The zero-order chi connectivity index (χ0) is 24.3. The fraction of sp³-hybridized carbons (Fsp3) is 0.250. The molecule has 178 valence electrons. The van der Waals surface area contributed by atoms with E-state index in [4.69, 9.17) is 16.3 Å². The highest BCUT2D eigenvalue weighted by atomic mass is 35.5. The van der Waals surface area contributed by atoms with Crippen molar-refractivity contribution in [1.29, 1.82) is 0 Å². The zero-order valence-corrected chi connectivity index (χ0v) is 20.5. The van der Waals surface area contributed by atoms with E-state index in [1.54, 1.807) is 18.2 Å². The predicted molar refractivity (Wildman–Crippen MR) is 135 cm³/mol. The molecule has 10 heteroatoms. The second kappa shape index (κ2) is 12.8. The monoisotopic (exact) mass is 499 g/mol. The molecular formula is C24H26ClN5O3S. The summed E-state index contributed by atoms with van der Waals surface area (Å²) in [5, 5.41) is 15.2. The molecule has 0 bridgehead atoms. The maximum absolute atomic E-state index is 12.5. The highest BCUT2D eigenvalue weighted by molar-refractivity contribution is 7.99. The molecule has 3 aromatic rings. The summed E-state index contributed by atoms with van der Waals surface area (Å²) in [4.78, 5) is 24.7. The SMILES string of the molecule is CCOc1ccccc1NC(=O)CSc1nnc(CNC(=O)C=Cc2ccccc2Cl)n1CC. The molecule has 0 unspecified atom stereocenters. The average Bonchev–Trinajstić information content (AvgIpc) is 3.24. The zero-order valence-electron chi connectivity index (χ0n) is 19.0. The number of ether oxygens (including phenoxy) is 1. The number of para-hydroxylation sites is 2. The summed E-state index contributed by atoms with van der Waals surface area (Å²) in [5.74, 6) is 0.939. The molecule has 0 fully saturated rings. The Hall–Kier alpha value is -3.30. The smallest absolute Gasteiger partial charge is 0.244 e. The molecule has 3 rings (SSSR count). The summed E-state index contributed by atoms with van der Waals surface area (Å²) in [6, 6.07) is 14.6. The van der Waals surface area contributed by atoms with Gasteiger partial charge in [-0.3, -0.25) is 9.59 Å². The van der Waals surface area contributed by atoms with Crippen LogP contribution in [0.2, 0.25) is 5.02 Å². The molecule has 0 spiro atoms. The second-order valence-electron chi connectivity index (χ2n) is 6.98. The van der Waals surface area contributed by atoms with E-state index in [9.17, 15) is 9.59 Å². The topological polar surface area (TPSA) is 98.1 Å². The minimum Gasteiger partial charge on any atom is -0.492 e. The Morgan fingerprint density at radius 1 is 1.12 bits per heavy atom. The molecule has 1 heterocycles. The van der Waals surface area contributed by atoms with Crippen LogP contribution in [-0.2, 0) is 22.7 Å². The van der Waals surface area contributed by atoms with Gasteiger partial charge < -0.3 is 19.9 Å². The van der Waals surface area contributed by atoms with Gasteiger partial charge in [-0.15, -0.1) is 10.2 Å². The van der Waals surface area contributed by atoms with Crippen LogP contribution >= 0.6 is 23.4 Å². The van der Waals surface area contributed by atoms with Gasteiger partial charge in [-0.25, -0.2) is 0 Å². The number of thioether (sulfide) groups is 1. The number of hydrogen-bond donors (Lipinski definition) is 2. The first-order chi connectivity index (χ1) is 16.5. The van der Waals surface area contributed by atoms with Crippen LogP contribution in [0, 0.1) is 0 Å². The molecule has 0 aliphatic carbocycles. The summed E-state index contributed by atoms with van der Waals surface area (Å²) in [5.41, 5.74) is 1.39. The van der Waals surface area contributed by atoms with Gasteiger partial charge in [0, 0.05) is 17.6 Å². The van der Waals surface area contributed by atoms with Crippen LogP contribution in [-0.4, -0.2) is 38.9 Å². The van der Waals surface area contributed by atoms with Crippen molar-refractivity contribution >= 4 is 46.9 Å². The lowest BCUT2D eigenvalue weighted by atomic mass is 10.2. The summed E-state index contributed by atoms with van der Waals surface area (Å²) in [7, 11) is 0. The van der Waals surface area contributed by atoms with Gasteiger partial charge in [-0.1, -0.05) is 53.7 Å². The van der Waals surface area contributed by atoms with Crippen LogP contribution in [0.25, 0.3) is 6.08 Å². The van der Waals surface area contributed by atoms with E-state index in [1.165, 1.54) is 17.8 Å². The van der Waals surface area contributed by atoms with E-state index >= 15 is 0 Å². The quantitative estimate of drug-likeness (QED) is 0.299. The number of aromatic nitrogens is 3. The molecule has 34 heavy (non-hydrogen) atoms. The van der Waals surface area contributed by atoms with E-state index < -0.39 is 0 Å². The fourth-order valence-corrected chi connectivity index (χ4v) is 4.06. The number of amides is 2. The molecule has 0 saturated carbocycles. The highest BCUT2D eigenvalue weighted by Crippen LogP contribution is 2.24. The third-order valence-corrected chi connectivity index (χ3v) is 5.95. The predicted octanol–water partition coefficient (Wildman–Crippen LogP) is 4.41. The van der Waals surface area contributed by atoms with Gasteiger partial charge in [-0.2, -0.15) is 0 Å². The van der Waals surface area contributed by atoms with Crippen molar-refractivity contribution in [2.24, 2.45) is 0 Å². The van der Waals surface area contributed by atoms with Crippen molar-refractivity contribution < 1.29 is 14.3 Å². The van der Waals surface area contributed by atoms with Gasteiger partial charge in [0.2, 0.25) is 11.8 Å². The van der Waals surface area contributed by atoms with E-state index in [1.807, 2.05) is 54.8 Å². The third-order valence-electron chi connectivity index (χ3n) is 4.64. The van der Waals surface area contributed by atoms with E-state index in [0.717, 1.165) is 5.56 Å². The second-order valence-corrected chi connectivity index (χ2v) is 8.33. The Morgan fingerprint density at radius 3 is 2.65 bits per heavy atom. The molecule has 0 aliphatic heterocycles. The van der Waals surface area contributed by atoms with Crippen LogP contribution in [0.4, 0.5) is 5.69 Å². The number of nitrogens with zero attached hydrogens (tertiary/aromatic N) is 3. The van der Waals surface area contributed by atoms with Crippen molar-refractivity contribution in [1.82, 2.24) is 20.1 Å². The molecule has 2 aromatic carbocycles. The van der Waals surface area contributed by atoms with Crippen molar-refractivity contribution in [2.75, 3.05) is 17.7 Å². The van der Waals surface area contributed by atoms with Gasteiger partial charge in [0.1, 0.15) is 5.75 Å². The van der Waals surface area contributed by atoms with Crippen LogP contribution in [0.3, 0.4) is 0 Å². The molecule has 0 atom stereocenters. The van der Waals surface area contributed by atoms with Gasteiger partial charge >= 0.3 is 0 Å². The van der Waals surface area contributed by atoms with Crippen LogP contribution in [0.1, 0.15) is 25.2 Å². The molecule has 0 saturated heterocycles. The fourth-order valence-electron chi connectivity index (χ4n) is 3.04. The number of anilines is 1. The number of rotatable bonds is 11.